The van der Waals surface area contributed by atoms with Crippen molar-refractivity contribution in [2.75, 3.05) is 13.7 Å². The van der Waals surface area contributed by atoms with Crippen LogP contribution in [0.25, 0.3) is 0 Å². The van der Waals surface area contributed by atoms with Crippen molar-refractivity contribution in [2.45, 2.75) is 26.3 Å². The highest BCUT2D eigenvalue weighted by molar-refractivity contribution is 5.37. The molecular formula is C14H21NO. The van der Waals surface area contributed by atoms with E-state index >= 15 is 0 Å². The molecular weight excluding hydrogens is 198 g/mol. The van der Waals surface area contributed by atoms with Crippen LogP contribution in [0.2, 0.25) is 0 Å². The van der Waals surface area contributed by atoms with Crippen LogP contribution in [0, 0.1) is 6.92 Å². The molecule has 0 aliphatic carbocycles. The smallest absolute Gasteiger partial charge is 0.122 e. The second-order valence-electron chi connectivity index (χ2n) is 3.96. The highest BCUT2D eigenvalue weighted by Crippen LogP contribution is 2.22. The Morgan fingerprint density at radius 2 is 2.25 bits per heavy atom. The monoisotopic (exact) mass is 219 g/mol. The van der Waals surface area contributed by atoms with E-state index in [1.54, 1.807) is 0 Å². The Morgan fingerprint density at radius 3 is 2.81 bits per heavy atom. The van der Waals surface area contributed by atoms with Gasteiger partial charge in [-0.05, 0) is 44.5 Å². The van der Waals surface area contributed by atoms with E-state index < -0.39 is 0 Å². The summed E-state index contributed by atoms with van der Waals surface area (Å²) in [6.45, 7) is 8.60. The predicted molar refractivity (Wildman–Crippen MR) is 69.0 cm³/mol. The second kappa shape index (κ2) is 6.33. The third-order valence-corrected chi connectivity index (χ3v) is 2.71. The van der Waals surface area contributed by atoms with E-state index in [1.807, 2.05) is 19.2 Å². The molecule has 1 rings (SSSR count). The Hall–Kier alpha value is -1.28. The van der Waals surface area contributed by atoms with Crippen molar-refractivity contribution in [1.29, 1.82) is 0 Å². The number of ether oxygens (including phenoxy) is 1. The summed E-state index contributed by atoms with van der Waals surface area (Å²) in [5.74, 6) is 0.967. The summed E-state index contributed by atoms with van der Waals surface area (Å²) in [6.07, 6.45) is 2.75. The summed E-state index contributed by atoms with van der Waals surface area (Å²) in [5.41, 5.74) is 2.47. The molecule has 2 heteroatoms. The fourth-order valence-electron chi connectivity index (χ4n) is 1.52. The first-order valence-corrected chi connectivity index (χ1v) is 5.70. The van der Waals surface area contributed by atoms with Crippen LogP contribution >= 0.6 is 0 Å². The van der Waals surface area contributed by atoms with Crippen LogP contribution in [0.15, 0.2) is 30.9 Å². The van der Waals surface area contributed by atoms with Crippen molar-refractivity contribution < 1.29 is 4.74 Å². The van der Waals surface area contributed by atoms with Crippen LogP contribution in [0.1, 0.15) is 30.5 Å². The van der Waals surface area contributed by atoms with E-state index in [1.165, 1.54) is 11.1 Å². The maximum atomic E-state index is 5.65. The Kier molecular flexibility index (Phi) is 5.06. The maximum Gasteiger partial charge on any atom is 0.122 e. The lowest BCUT2D eigenvalue weighted by atomic mass is 10.1. The largest absolute Gasteiger partial charge is 0.493 e. The molecule has 0 aliphatic heterocycles. The van der Waals surface area contributed by atoms with Gasteiger partial charge in [-0.15, -0.1) is 6.58 Å². The van der Waals surface area contributed by atoms with Gasteiger partial charge in [0.15, 0.2) is 0 Å². The Bertz CT molecular complexity index is 347. The van der Waals surface area contributed by atoms with Gasteiger partial charge in [-0.3, -0.25) is 0 Å². The number of benzene rings is 1. The molecule has 1 aromatic rings. The zero-order chi connectivity index (χ0) is 12.0. The molecule has 0 aromatic heterocycles. The third-order valence-electron chi connectivity index (χ3n) is 2.71. The van der Waals surface area contributed by atoms with Gasteiger partial charge in [-0.2, -0.15) is 0 Å². The minimum absolute atomic E-state index is 0.376. The summed E-state index contributed by atoms with van der Waals surface area (Å²) >= 11 is 0. The normalized spacial score (nSPS) is 12.2. The van der Waals surface area contributed by atoms with Crippen LogP contribution in [0.3, 0.4) is 0 Å². The molecule has 1 N–H and O–H groups in total. The summed E-state index contributed by atoms with van der Waals surface area (Å²) in [4.78, 5) is 0. The lowest BCUT2D eigenvalue weighted by Crippen LogP contribution is -2.12. The van der Waals surface area contributed by atoms with Crippen LogP contribution in [-0.2, 0) is 0 Å². The number of nitrogens with one attached hydrogen (secondary N) is 1. The highest BCUT2D eigenvalue weighted by atomic mass is 16.5. The first-order chi connectivity index (χ1) is 7.69. The topological polar surface area (TPSA) is 21.3 Å². The second-order valence-corrected chi connectivity index (χ2v) is 3.96. The van der Waals surface area contributed by atoms with Gasteiger partial charge >= 0.3 is 0 Å². The van der Waals surface area contributed by atoms with Gasteiger partial charge in [-0.1, -0.05) is 18.2 Å². The van der Waals surface area contributed by atoms with Gasteiger partial charge < -0.3 is 10.1 Å². The van der Waals surface area contributed by atoms with Crippen molar-refractivity contribution in [2.24, 2.45) is 0 Å². The van der Waals surface area contributed by atoms with Gasteiger partial charge in [0, 0.05) is 6.04 Å². The molecule has 0 saturated heterocycles. The minimum Gasteiger partial charge on any atom is -0.493 e. The van der Waals surface area contributed by atoms with Crippen LogP contribution in [0.4, 0.5) is 0 Å². The summed E-state index contributed by atoms with van der Waals surface area (Å²) in [7, 11) is 1.97. The Morgan fingerprint density at radius 1 is 1.50 bits per heavy atom. The zero-order valence-corrected chi connectivity index (χ0v) is 10.4. The van der Waals surface area contributed by atoms with Gasteiger partial charge in [0.1, 0.15) is 5.75 Å². The lowest BCUT2D eigenvalue weighted by Gasteiger charge is -2.14. The van der Waals surface area contributed by atoms with Crippen molar-refractivity contribution in [3.05, 3.63) is 42.0 Å². The standard InChI is InChI=1S/C14H21NO/c1-5-6-9-16-14-8-7-13(10-11(14)2)12(3)15-4/h5,7-8,10,12,15H,1,6,9H2,2-4H3. The molecule has 0 bridgehead atoms. The Labute approximate surface area is 98.3 Å². The SMILES string of the molecule is C=CCCOc1ccc(C(C)NC)cc1C. The van der Waals surface area contributed by atoms with Crippen molar-refractivity contribution in [3.63, 3.8) is 0 Å². The van der Waals surface area contributed by atoms with E-state index in [0.717, 1.165) is 12.2 Å². The van der Waals surface area contributed by atoms with Gasteiger partial charge in [0.05, 0.1) is 6.61 Å². The molecule has 0 amide bonds. The molecule has 0 saturated carbocycles. The van der Waals surface area contributed by atoms with Crippen LogP contribution < -0.4 is 10.1 Å². The molecule has 0 fully saturated rings. The molecule has 0 heterocycles. The minimum atomic E-state index is 0.376. The van der Waals surface area contributed by atoms with E-state index in [4.69, 9.17) is 4.74 Å². The van der Waals surface area contributed by atoms with E-state index in [0.29, 0.717) is 12.6 Å². The molecule has 1 aromatic carbocycles. The van der Waals surface area contributed by atoms with E-state index in [2.05, 4.69) is 37.9 Å². The molecule has 1 atom stereocenters. The van der Waals surface area contributed by atoms with E-state index in [9.17, 15) is 0 Å². The molecule has 0 spiro atoms. The van der Waals surface area contributed by atoms with Crippen molar-refractivity contribution in [3.8, 4) is 5.75 Å². The highest BCUT2D eigenvalue weighted by Gasteiger charge is 2.05. The predicted octanol–water partition coefficient (Wildman–Crippen LogP) is 3.23. The van der Waals surface area contributed by atoms with Gasteiger partial charge in [0.25, 0.3) is 0 Å². The number of aryl methyl sites for hydroxylation is 1. The molecule has 2 nitrogen and oxygen atoms in total. The Balaban J connectivity index is 2.71. The fourth-order valence-corrected chi connectivity index (χ4v) is 1.52. The average molecular weight is 219 g/mol. The molecule has 0 radical (unpaired) electrons. The summed E-state index contributed by atoms with van der Waals surface area (Å²) < 4.78 is 5.65. The van der Waals surface area contributed by atoms with Crippen molar-refractivity contribution >= 4 is 0 Å². The molecule has 16 heavy (non-hydrogen) atoms. The molecule has 88 valence electrons. The summed E-state index contributed by atoms with van der Waals surface area (Å²) in [6, 6.07) is 6.70. The quantitative estimate of drug-likeness (QED) is 0.586. The third kappa shape index (κ3) is 3.38. The van der Waals surface area contributed by atoms with E-state index in [-0.39, 0.29) is 0 Å². The number of hydrogen-bond donors (Lipinski definition) is 1. The first-order valence-electron chi connectivity index (χ1n) is 5.70. The maximum absolute atomic E-state index is 5.65. The van der Waals surface area contributed by atoms with Crippen molar-refractivity contribution in [1.82, 2.24) is 5.32 Å². The van der Waals surface area contributed by atoms with Crippen LogP contribution in [0.5, 0.6) is 5.75 Å². The number of hydrogen-bond acceptors (Lipinski definition) is 2. The van der Waals surface area contributed by atoms with Crippen LogP contribution in [-0.4, -0.2) is 13.7 Å². The fraction of sp³-hybridized carbons (Fsp3) is 0.429. The lowest BCUT2D eigenvalue weighted by molar-refractivity contribution is 0.322. The molecule has 1 unspecified atom stereocenters. The van der Waals surface area contributed by atoms with Gasteiger partial charge in [0.2, 0.25) is 0 Å². The first kappa shape index (κ1) is 12.8. The average Bonchev–Trinajstić information content (AvgIpc) is 2.30. The zero-order valence-electron chi connectivity index (χ0n) is 10.4. The molecule has 0 aliphatic rings. The number of rotatable bonds is 6. The summed E-state index contributed by atoms with van der Waals surface area (Å²) in [5, 5.41) is 3.23. The van der Waals surface area contributed by atoms with Gasteiger partial charge in [-0.25, -0.2) is 0 Å².